The second-order valence-electron chi connectivity index (χ2n) is 2.76. The Balaban J connectivity index is 2.40. The summed E-state index contributed by atoms with van der Waals surface area (Å²) >= 11 is 5.75. The molecule has 0 saturated heterocycles. The molecule has 0 unspecified atom stereocenters. The maximum absolute atomic E-state index is 5.75. The first-order valence-corrected chi connectivity index (χ1v) is 4.39. The highest BCUT2D eigenvalue weighted by Crippen LogP contribution is 2.33. The fourth-order valence-corrected chi connectivity index (χ4v) is 1.33. The summed E-state index contributed by atoms with van der Waals surface area (Å²) in [6.45, 7) is 4.84. The standard InChI is InChI=1S/C10H9ClO2/c1-7(11)8-2-3-9-10(6-8)13-5-4-12-9/h2-3,6H,1,4-5H2. The predicted octanol–water partition coefficient (Wildman–Crippen LogP) is 2.67. The molecule has 0 amide bonds. The van der Waals surface area contributed by atoms with Crippen LogP contribution in [0.25, 0.3) is 5.03 Å². The Hall–Kier alpha value is -1.15. The first-order valence-electron chi connectivity index (χ1n) is 4.02. The number of hydrogen-bond acceptors (Lipinski definition) is 2. The molecule has 2 nitrogen and oxygen atoms in total. The second kappa shape index (κ2) is 3.30. The van der Waals surface area contributed by atoms with Crippen molar-refractivity contribution in [2.75, 3.05) is 13.2 Å². The van der Waals surface area contributed by atoms with Gasteiger partial charge in [0.2, 0.25) is 0 Å². The third-order valence-corrected chi connectivity index (χ3v) is 2.07. The molecule has 68 valence electrons. The molecule has 1 aromatic carbocycles. The van der Waals surface area contributed by atoms with E-state index in [2.05, 4.69) is 6.58 Å². The number of benzene rings is 1. The van der Waals surface area contributed by atoms with Gasteiger partial charge in [0.25, 0.3) is 0 Å². The zero-order chi connectivity index (χ0) is 9.26. The normalized spacial score (nSPS) is 13.9. The summed E-state index contributed by atoms with van der Waals surface area (Å²) in [5.74, 6) is 1.51. The first-order chi connectivity index (χ1) is 6.27. The third-order valence-electron chi connectivity index (χ3n) is 1.86. The molecule has 0 N–H and O–H groups in total. The van der Waals surface area contributed by atoms with Gasteiger partial charge in [-0.3, -0.25) is 0 Å². The van der Waals surface area contributed by atoms with E-state index in [-0.39, 0.29) is 0 Å². The topological polar surface area (TPSA) is 18.5 Å². The van der Waals surface area contributed by atoms with Crippen molar-refractivity contribution in [3.05, 3.63) is 30.3 Å². The fraction of sp³-hybridized carbons (Fsp3) is 0.200. The fourth-order valence-electron chi connectivity index (χ4n) is 1.21. The van der Waals surface area contributed by atoms with Crippen LogP contribution < -0.4 is 9.47 Å². The lowest BCUT2D eigenvalue weighted by molar-refractivity contribution is 0.171. The predicted molar refractivity (Wildman–Crippen MR) is 52.3 cm³/mol. The smallest absolute Gasteiger partial charge is 0.162 e. The molecule has 1 aromatic rings. The Morgan fingerprint density at radius 3 is 2.62 bits per heavy atom. The van der Waals surface area contributed by atoms with E-state index in [4.69, 9.17) is 21.1 Å². The summed E-state index contributed by atoms with van der Waals surface area (Å²) in [5.41, 5.74) is 0.867. The van der Waals surface area contributed by atoms with E-state index in [1.807, 2.05) is 18.2 Å². The Morgan fingerprint density at radius 1 is 1.23 bits per heavy atom. The van der Waals surface area contributed by atoms with Gasteiger partial charge in [-0.2, -0.15) is 0 Å². The lowest BCUT2D eigenvalue weighted by Gasteiger charge is -2.18. The molecular formula is C10H9ClO2. The van der Waals surface area contributed by atoms with Crippen molar-refractivity contribution in [3.63, 3.8) is 0 Å². The minimum Gasteiger partial charge on any atom is -0.486 e. The highest BCUT2D eigenvalue weighted by Gasteiger charge is 2.11. The maximum atomic E-state index is 5.75. The molecule has 1 heterocycles. The van der Waals surface area contributed by atoms with E-state index < -0.39 is 0 Å². The molecule has 0 radical (unpaired) electrons. The van der Waals surface area contributed by atoms with Crippen LogP contribution in [-0.2, 0) is 0 Å². The Bertz CT molecular complexity index is 347. The van der Waals surface area contributed by atoms with Crippen LogP contribution in [0.2, 0.25) is 0 Å². The molecule has 0 atom stereocenters. The number of rotatable bonds is 1. The summed E-state index contributed by atoms with van der Waals surface area (Å²) in [5, 5.41) is 0.511. The number of fused-ring (bicyclic) bond motifs is 1. The molecule has 3 heteroatoms. The minimum atomic E-state index is 0.511. The van der Waals surface area contributed by atoms with E-state index in [0.717, 1.165) is 17.1 Å². The zero-order valence-corrected chi connectivity index (χ0v) is 7.80. The molecule has 0 aliphatic carbocycles. The van der Waals surface area contributed by atoms with Crippen LogP contribution in [0.15, 0.2) is 24.8 Å². The van der Waals surface area contributed by atoms with E-state index >= 15 is 0 Å². The highest BCUT2D eigenvalue weighted by molar-refractivity contribution is 6.48. The van der Waals surface area contributed by atoms with Crippen molar-refractivity contribution >= 4 is 16.6 Å². The first kappa shape index (κ1) is 8.45. The molecular weight excluding hydrogens is 188 g/mol. The molecule has 0 aromatic heterocycles. The van der Waals surface area contributed by atoms with Gasteiger partial charge in [0, 0.05) is 5.03 Å². The van der Waals surface area contributed by atoms with Crippen LogP contribution in [0.4, 0.5) is 0 Å². The Morgan fingerprint density at radius 2 is 1.92 bits per heavy atom. The van der Waals surface area contributed by atoms with Crippen molar-refractivity contribution in [1.29, 1.82) is 0 Å². The number of hydrogen-bond donors (Lipinski definition) is 0. The number of halogens is 1. The van der Waals surface area contributed by atoms with Gasteiger partial charge in [0.1, 0.15) is 13.2 Å². The van der Waals surface area contributed by atoms with Gasteiger partial charge in [-0.1, -0.05) is 18.2 Å². The van der Waals surface area contributed by atoms with Crippen LogP contribution in [0.3, 0.4) is 0 Å². The monoisotopic (exact) mass is 196 g/mol. The van der Waals surface area contributed by atoms with Crippen molar-refractivity contribution in [1.82, 2.24) is 0 Å². The summed E-state index contributed by atoms with van der Waals surface area (Å²) in [6, 6.07) is 5.55. The SMILES string of the molecule is C=C(Cl)c1ccc2c(c1)OCCO2. The lowest BCUT2D eigenvalue weighted by atomic mass is 10.2. The molecule has 0 bridgehead atoms. The van der Waals surface area contributed by atoms with E-state index in [1.54, 1.807) is 0 Å². The van der Waals surface area contributed by atoms with Gasteiger partial charge in [0.15, 0.2) is 11.5 Å². The van der Waals surface area contributed by atoms with Crippen LogP contribution in [0.1, 0.15) is 5.56 Å². The lowest BCUT2D eigenvalue weighted by Crippen LogP contribution is -2.15. The van der Waals surface area contributed by atoms with E-state index in [9.17, 15) is 0 Å². The molecule has 13 heavy (non-hydrogen) atoms. The van der Waals surface area contributed by atoms with Crippen molar-refractivity contribution in [2.24, 2.45) is 0 Å². The van der Waals surface area contributed by atoms with Crippen molar-refractivity contribution < 1.29 is 9.47 Å². The molecule has 1 aliphatic heterocycles. The zero-order valence-electron chi connectivity index (χ0n) is 7.05. The Labute approximate surface area is 81.7 Å². The van der Waals surface area contributed by atoms with E-state index in [0.29, 0.717) is 18.2 Å². The van der Waals surface area contributed by atoms with Crippen molar-refractivity contribution in [3.8, 4) is 11.5 Å². The summed E-state index contributed by atoms with van der Waals surface area (Å²) in [7, 11) is 0. The average molecular weight is 197 g/mol. The van der Waals surface area contributed by atoms with Crippen LogP contribution >= 0.6 is 11.6 Å². The molecule has 0 saturated carbocycles. The van der Waals surface area contributed by atoms with Gasteiger partial charge >= 0.3 is 0 Å². The maximum Gasteiger partial charge on any atom is 0.162 e. The van der Waals surface area contributed by atoms with Crippen LogP contribution in [-0.4, -0.2) is 13.2 Å². The van der Waals surface area contributed by atoms with Gasteiger partial charge in [-0.15, -0.1) is 0 Å². The molecule has 0 spiro atoms. The Kier molecular flexibility index (Phi) is 2.15. The van der Waals surface area contributed by atoms with Crippen LogP contribution in [0.5, 0.6) is 11.5 Å². The van der Waals surface area contributed by atoms with Crippen LogP contribution in [0, 0.1) is 0 Å². The summed E-state index contributed by atoms with van der Waals surface area (Å²) < 4.78 is 10.7. The van der Waals surface area contributed by atoms with Gasteiger partial charge < -0.3 is 9.47 Å². The van der Waals surface area contributed by atoms with Crippen molar-refractivity contribution in [2.45, 2.75) is 0 Å². The summed E-state index contributed by atoms with van der Waals surface area (Å²) in [4.78, 5) is 0. The quantitative estimate of drug-likeness (QED) is 0.688. The highest BCUT2D eigenvalue weighted by atomic mass is 35.5. The largest absolute Gasteiger partial charge is 0.486 e. The third kappa shape index (κ3) is 1.63. The van der Waals surface area contributed by atoms with Gasteiger partial charge in [0.05, 0.1) is 0 Å². The molecule has 0 fully saturated rings. The summed E-state index contributed by atoms with van der Waals surface area (Å²) in [6.07, 6.45) is 0. The average Bonchev–Trinajstić information content (AvgIpc) is 2.17. The minimum absolute atomic E-state index is 0.511. The van der Waals surface area contributed by atoms with Gasteiger partial charge in [-0.05, 0) is 23.8 Å². The molecule has 2 rings (SSSR count). The number of ether oxygens (including phenoxy) is 2. The second-order valence-corrected chi connectivity index (χ2v) is 3.22. The molecule has 1 aliphatic rings. The van der Waals surface area contributed by atoms with E-state index in [1.165, 1.54) is 0 Å². The van der Waals surface area contributed by atoms with Gasteiger partial charge in [-0.25, -0.2) is 0 Å².